The first-order chi connectivity index (χ1) is 15.1. The van der Waals surface area contributed by atoms with Gasteiger partial charge >= 0.3 is 12.0 Å². The predicted molar refractivity (Wildman–Crippen MR) is 122 cm³/mol. The van der Waals surface area contributed by atoms with Crippen LogP contribution < -0.4 is 5.32 Å². The lowest BCUT2D eigenvalue weighted by molar-refractivity contribution is -0.143. The maximum absolute atomic E-state index is 12.8. The second-order valence-corrected chi connectivity index (χ2v) is 10.4. The topological polar surface area (TPSA) is 96.0 Å². The zero-order chi connectivity index (χ0) is 23.5. The van der Waals surface area contributed by atoms with Crippen molar-refractivity contribution in [3.05, 3.63) is 21.9 Å². The minimum Gasteiger partial charge on any atom is -0.467 e. The van der Waals surface area contributed by atoms with Crippen LogP contribution in [0.1, 0.15) is 65.8 Å². The normalized spacial score (nSPS) is 18.7. The van der Waals surface area contributed by atoms with E-state index in [1.54, 1.807) is 17.0 Å². The van der Waals surface area contributed by atoms with Crippen LogP contribution in [0.15, 0.2) is 12.1 Å². The number of nitrogens with one attached hydrogen (secondary N) is 1. The highest BCUT2D eigenvalue weighted by atomic mass is 32.1. The molecule has 0 bridgehead atoms. The van der Waals surface area contributed by atoms with E-state index in [4.69, 9.17) is 4.74 Å². The number of Topliss-reactive ketones (excluding diaryl/α,β-unsaturated/α-hetero) is 1. The summed E-state index contributed by atoms with van der Waals surface area (Å²) in [5.41, 5.74) is 0.00687. The molecule has 3 rings (SSSR count). The van der Waals surface area contributed by atoms with E-state index in [1.807, 2.05) is 18.7 Å². The van der Waals surface area contributed by atoms with Crippen LogP contribution in [0, 0.1) is 11.3 Å². The molecule has 3 amide bonds. The van der Waals surface area contributed by atoms with Crippen LogP contribution in [0.5, 0.6) is 0 Å². The van der Waals surface area contributed by atoms with Crippen LogP contribution in [-0.4, -0.2) is 72.8 Å². The van der Waals surface area contributed by atoms with Crippen molar-refractivity contribution in [2.24, 2.45) is 11.3 Å². The number of ketones is 1. The number of nitrogens with zero attached hydrogens (tertiary/aromatic N) is 2. The molecule has 32 heavy (non-hydrogen) atoms. The van der Waals surface area contributed by atoms with Gasteiger partial charge in [0.1, 0.15) is 6.04 Å². The van der Waals surface area contributed by atoms with Crippen LogP contribution >= 0.6 is 11.3 Å². The molecule has 0 aliphatic carbocycles. The zero-order valence-electron chi connectivity index (χ0n) is 19.3. The predicted octanol–water partition coefficient (Wildman–Crippen LogP) is 3.18. The van der Waals surface area contributed by atoms with E-state index in [9.17, 15) is 19.2 Å². The van der Waals surface area contributed by atoms with E-state index in [-0.39, 0.29) is 29.1 Å². The minimum absolute atomic E-state index is 0.00687. The second-order valence-electron chi connectivity index (χ2n) is 9.34. The number of rotatable bonds is 6. The van der Waals surface area contributed by atoms with Gasteiger partial charge in [0.2, 0.25) is 0 Å². The van der Waals surface area contributed by atoms with Crippen LogP contribution in [-0.2, 0) is 9.53 Å². The van der Waals surface area contributed by atoms with Crippen molar-refractivity contribution < 1.29 is 23.9 Å². The number of carbonyl (C=O) groups is 4. The van der Waals surface area contributed by atoms with E-state index in [0.717, 1.165) is 19.3 Å². The number of methoxy groups -OCH3 is 1. The molecule has 1 N–H and O–H groups in total. The number of amides is 3. The fraction of sp³-hybridized carbons (Fsp3) is 0.652. The lowest BCUT2D eigenvalue weighted by Gasteiger charge is -2.39. The van der Waals surface area contributed by atoms with Crippen molar-refractivity contribution in [3.8, 4) is 0 Å². The Kier molecular flexibility index (Phi) is 7.59. The highest BCUT2D eigenvalue weighted by molar-refractivity contribution is 7.15. The Balaban J connectivity index is 1.54. The minimum atomic E-state index is -0.644. The molecule has 2 fully saturated rings. The van der Waals surface area contributed by atoms with Crippen molar-refractivity contribution in [3.63, 3.8) is 0 Å². The fourth-order valence-electron chi connectivity index (χ4n) is 4.57. The Bertz CT molecular complexity index is 873. The van der Waals surface area contributed by atoms with Gasteiger partial charge in [0.25, 0.3) is 5.91 Å². The SMILES string of the molecule is COC(=O)C(CC(C)C)NC(=O)N1CCC2(CCN(C(=O)c3ccc(C(C)=O)s3)CC2)C1. The highest BCUT2D eigenvalue weighted by Gasteiger charge is 2.43. The summed E-state index contributed by atoms with van der Waals surface area (Å²) in [5, 5.41) is 2.84. The van der Waals surface area contributed by atoms with Gasteiger partial charge in [-0.2, -0.15) is 0 Å². The summed E-state index contributed by atoms with van der Waals surface area (Å²) in [4.78, 5) is 54.0. The van der Waals surface area contributed by atoms with E-state index in [0.29, 0.717) is 42.4 Å². The first kappa shape index (κ1) is 24.2. The van der Waals surface area contributed by atoms with Gasteiger partial charge in [-0.25, -0.2) is 9.59 Å². The average Bonchev–Trinajstić information content (AvgIpc) is 3.41. The number of hydrogen-bond acceptors (Lipinski definition) is 6. The van der Waals surface area contributed by atoms with Gasteiger partial charge in [-0.3, -0.25) is 9.59 Å². The zero-order valence-corrected chi connectivity index (χ0v) is 20.1. The van der Waals surface area contributed by atoms with Crippen molar-refractivity contribution in [2.45, 2.75) is 52.5 Å². The Morgan fingerprint density at radius 1 is 1.06 bits per heavy atom. The van der Waals surface area contributed by atoms with Gasteiger partial charge < -0.3 is 19.9 Å². The first-order valence-corrected chi connectivity index (χ1v) is 12.0. The smallest absolute Gasteiger partial charge is 0.328 e. The first-order valence-electron chi connectivity index (χ1n) is 11.2. The summed E-state index contributed by atoms with van der Waals surface area (Å²) in [6.07, 6.45) is 3.09. The third-order valence-electron chi connectivity index (χ3n) is 6.49. The third-order valence-corrected chi connectivity index (χ3v) is 7.67. The molecular weight excluding hydrogens is 430 g/mol. The standard InChI is InChI=1S/C23H33N3O5S/c1-15(2)13-17(21(29)31-4)24-22(30)26-12-9-23(14-26)7-10-25(11-8-23)20(28)19-6-5-18(32-19)16(3)27/h5-6,15,17H,7-14H2,1-4H3,(H,24,30). The molecule has 1 unspecified atom stereocenters. The number of carbonyl (C=O) groups excluding carboxylic acids is 4. The third kappa shape index (κ3) is 5.49. The van der Waals surface area contributed by atoms with E-state index < -0.39 is 12.0 Å². The summed E-state index contributed by atoms with van der Waals surface area (Å²) < 4.78 is 4.84. The molecule has 9 heteroatoms. The molecule has 2 aliphatic heterocycles. The highest BCUT2D eigenvalue weighted by Crippen LogP contribution is 2.40. The Hall–Kier alpha value is -2.42. The lowest BCUT2D eigenvalue weighted by atomic mass is 9.78. The largest absolute Gasteiger partial charge is 0.467 e. The summed E-state index contributed by atoms with van der Waals surface area (Å²) in [6, 6.07) is 2.56. The van der Waals surface area contributed by atoms with Crippen LogP contribution in [0.4, 0.5) is 4.79 Å². The van der Waals surface area contributed by atoms with Crippen molar-refractivity contribution >= 4 is 35.0 Å². The molecule has 2 saturated heterocycles. The number of esters is 1. The molecular formula is C23H33N3O5S. The molecule has 0 radical (unpaired) electrons. The molecule has 1 aromatic heterocycles. The second kappa shape index (κ2) is 10.0. The van der Waals surface area contributed by atoms with E-state index >= 15 is 0 Å². The van der Waals surface area contributed by atoms with Crippen molar-refractivity contribution in [1.29, 1.82) is 0 Å². The maximum atomic E-state index is 12.8. The van der Waals surface area contributed by atoms with E-state index in [2.05, 4.69) is 5.32 Å². The van der Waals surface area contributed by atoms with Gasteiger partial charge in [-0.15, -0.1) is 11.3 Å². The Labute approximate surface area is 193 Å². The molecule has 0 aromatic carbocycles. The number of piperidine rings is 1. The summed E-state index contributed by atoms with van der Waals surface area (Å²) in [6.45, 7) is 8.05. The average molecular weight is 464 g/mol. The maximum Gasteiger partial charge on any atom is 0.328 e. The summed E-state index contributed by atoms with van der Waals surface area (Å²) in [7, 11) is 1.33. The molecule has 3 heterocycles. The number of ether oxygens (including phenoxy) is 1. The lowest BCUT2D eigenvalue weighted by Crippen LogP contribution is -2.49. The quantitative estimate of drug-likeness (QED) is 0.516. The molecule has 2 aliphatic rings. The van der Waals surface area contributed by atoms with Crippen LogP contribution in [0.2, 0.25) is 0 Å². The van der Waals surface area contributed by atoms with Gasteiger partial charge in [0.15, 0.2) is 5.78 Å². The van der Waals surface area contributed by atoms with Crippen molar-refractivity contribution in [2.75, 3.05) is 33.3 Å². The van der Waals surface area contributed by atoms with Crippen LogP contribution in [0.3, 0.4) is 0 Å². The number of hydrogen-bond donors (Lipinski definition) is 1. The molecule has 1 spiro atoms. The molecule has 1 aromatic rings. The molecule has 0 saturated carbocycles. The van der Waals surface area contributed by atoms with Gasteiger partial charge in [0.05, 0.1) is 16.9 Å². The molecule has 176 valence electrons. The molecule has 8 nitrogen and oxygen atoms in total. The number of likely N-dealkylation sites (tertiary alicyclic amines) is 2. The Morgan fingerprint density at radius 3 is 2.19 bits per heavy atom. The summed E-state index contributed by atoms with van der Waals surface area (Å²) in [5.74, 6) is -0.228. The molecule has 1 atom stereocenters. The van der Waals surface area contributed by atoms with Gasteiger partial charge in [-0.1, -0.05) is 13.8 Å². The van der Waals surface area contributed by atoms with Crippen molar-refractivity contribution in [1.82, 2.24) is 15.1 Å². The van der Waals surface area contributed by atoms with Gasteiger partial charge in [-0.05, 0) is 56.1 Å². The number of thiophene rings is 1. The van der Waals surface area contributed by atoms with E-state index in [1.165, 1.54) is 25.4 Å². The van der Waals surface area contributed by atoms with Crippen LogP contribution in [0.25, 0.3) is 0 Å². The Morgan fingerprint density at radius 2 is 1.66 bits per heavy atom. The fourth-order valence-corrected chi connectivity index (χ4v) is 5.44. The summed E-state index contributed by atoms with van der Waals surface area (Å²) >= 11 is 1.24. The van der Waals surface area contributed by atoms with Gasteiger partial charge in [0, 0.05) is 26.2 Å². The number of urea groups is 1. The monoisotopic (exact) mass is 463 g/mol.